The molecule has 0 fully saturated rings. The maximum atomic E-state index is 11.5. The van der Waals surface area contributed by atoms with E-state index in [1.165, 1.54) is 6.21 Å². The van der Waals surface area contributed by atoms with Crippen LogP contribution in [0.4, 0.5) is 0 Å². The molecule has 0 atom stereocenters. The van der Waals surface area contributed by atoms with Crippen LogP contribution in [-0.4, -0.2) is 27.3 Å². The minimum Gasteiger partial charge on any atom is -0.273 e. The third kappa shape index (κ3) is 3.73. The van der Waals surface area contributed by atoms with Crippen molar-refractivity contribution in [2.75, 3.05) is 0 Å². The molecule has 0 bridgehead atoms. The number of carbonyl (C=O) groups is 1. The standard InChI is InChI=1S/C12H11N5O3/c18-10(6-9-11(19)14-12(20)17-15-9)16-13-7-8-4-2-1-3-5-8/h1-5,7H,6H2,(H,16,18)(H2,14,17,19,20)/b13-7-. The van der Waals surface area contributed by atoms with Crippen LogP contribution in [0.25, 0.3) is 0 Å². The molecule has 1 aromatic carbocycles. The van der Waals surface area contributed by atoms with Gasteiger partial charge in [-0.1, -0.05) is 30.3 Å². The van der Waals surface area contributed by atoms with Crippen molar-refractivity contribution in [1.82, 2.24) is 20.6 Å². The summed E-state index contributed by atoms with van der Waals surface area (Å²) in [7, 11) is 0. The second kappa shape index (κ2) is 6.23. The Morgan fingerprint density at radius 3 is 2.75 bits per heavy atom. The molecule has 8 heteroatoms. The lowest BCUT2D eigenvalue weighted by molar-refractivity contribution is -0.120. The summed E-state index contributed by atoms with van der Waals surface area (Å²) in [5.41, 5.74) is 1.59. The molecule has 0 aliphatic carbocycles. The molecule has 3 N–H and O–H groups in total. The Morgan fingerprint density at radius 2 is 2.05 bits per heavy atom. The summed E-state index contributed by atoms with van der Waals surface area (Å²) in [6, 6.07) is 9.19. The van der Waals surface area contributed by atoms with Crippen molar-refractivity contribution in [3.05, 3.63) is 62.4 Å². The van der Waals surface area contributed by atoms with Crippen molar-refractivity contribution in [3.63, 3.8) is 0 Å². The van der Waals surface area contributed by atoms with Gasteiger partial charge in [-0.3, -0.25) is 14.6 Å². The number of benzene rings is 1. The zero-order valence-corrected chi connectivity index (χ0v) is 10.3. The average molecular weight is 273 g/mol. The van der Waals surface area contributed by atoms with Crippen LogP contribution in [0.15, 0.2) is 45.0 Å². The first-order chi connectivity index (χ1) is 9.65. The summed E-state index contributed by atoms with van der Waals surface area (Å²) in [4.78, 5) is 35.6. The molecule has 0 aliphatic rings. The lowest BCUT2D eigenvalue weighted by atomic mass is 10.2. The quantitative estimate of drug-likeness (QED) is 0.496. The highest BCUT2D eigenvalue weighted by Gasteiger charge is 2.08. The fraction of sp³-hybridized carbons (Fsp3) is 0.0833. The van der Waals surface area contributed by atoms with E-state index in [4.69, 9.17) is 0 Å². The molecule has 20 heavy (non-hydrogen) atoms. The lowest BCUT2D eigenvalue weighted by Gasteiger charge is -1.98. The van der Waals surface area contributed by atoms with E-state index in [2.05, 4.69) is 15.6 Å². The molecule has 1 aromatic heterocycles. The first-order valence-electron chi connectivity index (χ1n) is 5.70. The van der Waals surface area contributed by atoms with E-state index >= 15 is 0 Å². The van der Waals surface area contributed by atoms with Gasteiger partial charge < -0.3 is 0 Å². The Morgan fingerprint density at radius 1 is 1.30 bits per heavy atom. The SMILES string of the molecule is O=C(Cc1n[nH]c(=O)[nH]c1=O)N/N=C\c1ccccc1. The van der Waals surface area contributed by atoms with Crippen molar-refractivity contribution in [3.8, 4) is 0 Å². The Balaban J connectivity index is 1.94. The molecular weight excluding hydrogens is 262 g/mol. The number of amides is 1. The summed E-state index contributed by atoms with van der Waals surface area (Å²) < 4.78 is 0. The number of aromatic nitrogens is 3. The third-order valence-corrected chi connectivity index (χ3v) is 2.31. The fourth-order valence-electron chi connectivity index (χ4n) is 1.40. The highest BCUT2D eigenvalue weighted by Crippen LogP contribution is 1.93. The highest BCUT2D eigenvalue weighted by molar-refractivity contribution is 5.82. The van der Waals surface area contributed by atoms with Crippen LogP contribution in [-0.2, 0) is 11.2 Å². The van der Waals surface area contributed by atoms with Crippen LogP contribution in [0.2, 0.25) is 0 Å². The van der Waals surface area contributed by atoms with Crippen molar-refractivity contribution >= 4 is 12.1 Å². The summed E-state index contributed by atoms with van der Waals surface area (Å²) in [5.74, 6) is -0.512. The van der Waals surface area contributed by atoms with Crippen LogP contribution in [0.3, 0.4) is 0 Å². The maximum absolute atomic E-state index is 11.5. The number of hydrogen-bond donors (Lipinski definition) is 3. The maximum Gasteiger partial charge on any atom is 0.342 e. The van der Waals surface area contributed by atoms with E-state index in [0.29, 0.717) is 0 Å². The fourth-order valence-corrected chi connectivity index (χ4v) is 1.40. The van der Waals surface area contributed by atoms with E-state index in [-0.39, 0.29) is 12.1 Å². The lowest BCUT2D eigenvalue weighted by Crippen LogP contribution is -2.31. The van der Waals surface area contributed by atoms with E-state index in [1.54, 1.807) is 0 Å². The van der Waals surface area contributed by atoms with Crippen LogP contribution in [0.5, 0.6) is 0 Å². The summed E-state index contributed by atoms with van der Waals surface area (Å²) in [6.45, 7) is 0. The van der Waals surface area contributed by atoms with Crippen molar-refractivity contribution in [2.45, 2.75) is 6.42 Å². The minimum absolute atomic E-state index is 0.0861. The molecule has 2 rings (SSSR count). The predicted molar refractivity (Wildman–Crippen MR) is 71.4 cm³/mol. The monoisotopic (exact) mass is 273 g/mol. The van der Waals surface area contributed by atoms with E-state index in [1.807, 2.05) is 40.4 Å². The van der Waals surface area contributed by atoms with Crippen LogP contribution in [0.1, 0.15) is 11.3 Å². The van der Waals surface area contributed by atoms with E-state index in [0.717, 1.165) is 5.56 Å². The van der Waals surface area contributed by atoms with Gasteiger partial charge in [-0.15, -0.1) is 0 Å². The van der Waals surface area contributed by atoms with Crippen LogP contribution >= 0.6 is 0 Å². The van der Waals surface area contributed by atoms with Crippen molar-refractivity contribution in [1.29, 1.82) is 0 Å². The van der Waals surface area contributed by atoms with Gasteiger partial charge in [0.1, 0.15) is 5.69 Å². The van der Waals surface area contributed by atoms with Gasteiger partial charge in [0, 0.05) is 0 Å². The van der Waals surface area contributed by atoms with Crippen LogP contribution < -0.4 is 16.7 Å². The Hall–Kier alpha value is -3.03. The normalized spacial score (nSPS) is 10.6. The molecule has 102 valence electrons. The molecule has 1 amide bonds. The van der Waals surface area contributed by atoms with Gasteiger partial charge in [-0.2, -0.15) is 10.2 Å². The largest absolute Gasteiger partial charge is 0.342 e. The average Bonchev–Trinajstić information content (AvgIpc) is 2.43. The van der Waals surface area contributed by atoms with Gasteiger partial charge in [-0.25, -0.2) is 15.3 Å². The molecule has 0 saturated carbocycles. The van der Waals surface area contributed by atoms with Gasteiger partial charge in [0.15, 0.2) is 0 Å². The number of nitrogens with zero attached hydrogens (tertiary/aromatic N) is 2. The van der Waals surface area contributed by atoms with Gasteiger partial charge in [0.05, 0.1) is 12.6 Å². The van der Waals surface area contributed by atoms with Gasteiger partial charge in [-0.05, 0) is 5.56 Å². The molecule has 1 heterocycles. The van der Waals surface area contributed by atoms with E-state index in [9.17, 15) is 14.4 Å². The van der Waals surface area contributed by atoms with Gasteiger partial charge in [0.2, 0.25) is 5.91 Å². The minimum atomic E-state index is -0.721. The predicted octanol–water partition coefficient (Wildman–Crippen LogP) is -0.849. The molecule has 0 saturated heterocycles. The van der Waals surface area contributed by atoms with Crippen LogP contribution in [0, 0.1) is 0 Å². The number of nitrogens with one attached hydrogen (secondary N) is 3. The Bertz CT molecular complexity index is 733. The summed E-state index contributed by atoms with van der Waals surface area (Å²) in [5, 5.41) is 9.29. The molecule has 2 aromatic rings. The number of aromatic amines is 2. The molecule has 0 radical (unpaired) electrons. The second-order valence-corrected chi connectivity index (χ2v) is 3.83. The third-order valence-electron chi connectivity index (χ3n) is 2.31. The van der Waals surface area contributed by atoms with Gasteiger partial charge in [0.25, 0.3) is 5.56 Å². The van der Waals surface area contributed by atoms with E-state index < -0.39 is 17.2 Å². The number of H-pyrrole nitrogens is 2. The molecule has 0 unspecified atom stereocenters. The topological polar surface area (TPSA) is 120 Å². The summed E-state index contributed by atoms with van der Waals surface area (Å²) >= 11 is 0. The number of rotatable bonds is 4. The molecular formula is C12H11N5O3. The number of hydrazone groups is 1. The molecule has 8 nitrogen and oxygen atoms in total. The Labute approximate surface area is 112 Å². The first-order valence-corrected chi connectivity index (χ1v) is 5.70. The zero-order chi connectivity index (χ0) is 14.4. The molecule has 0 spiro atoms. The van der Waals surface area contributed by atoms with Gasteiger partial charge >= 0.3 is 5.69 Å². The summed E-state index contributed by atoms with van der Waals surface area (Å²) in [6.07, 6.45) is 1.20. The molecule has 0 aliphatic heterocycles. The number of hydrogen-bond acceptors (Lipinski definition) is 5. The van der Waals surface area contributed by atoms with Crippen molar-refractivity contribution < 1.29 is 4.79 Å². The highest BCUT2D eigenvalue weighted by atomic mass is 16.2. The smallest absolute Gasteiger partial charge is 0.273 e. The number of carbonyl (C=O) groups excluding carboxylic acids is 1. The zero-order valence-electron chi connectivity index (χ0n) is 10.3. The first kappa shape index (κ1) is 13.4. The second-order valence-electron chi connectivity index (χ2n) is 3.83. The Kier molecular flexibility index (Phi) is 4.17. The van der Waals surface area contributed by atoms with Crippen molar-refractivity contribution in [2.24, 2.45) is 5.10 Å².